The largest absolute Gasteiger partial charge is 0.393 e. The Morgan fingerprint density at radius 1 is 1.50 bits per heavy atom. The number of hydrogen-bond acceptors (Lipinski definition) is 5. The van der Waals surface area contributed by atoms with Crippen LogP contribution in [0.25, 0.3) is 0 Å². The van der Waals surface area contributed by atoms with E-state index in [0.717, 1.165) is 19.3 Å². The number of nitrogens with zero attached hydrogens (tertiary/aromatic N) is 3. The molecule has 0 radical (unpaired) electrons. The summed E-state index contributed by atoms with van der Waals surface area (Å²) in [6, 6.07) is -0.236. The number of nitrogens with one attached hydrogen (secondary N) is 1. The van der Waals surface area contributed by atoms with Gasteiger partial charge < -0.3 is 5.11 Å². The number of sulfonamides is 1. The van der Waals surface area contributed by atoms with Crippen molar-refractivity contribution in [3.63, 3.8) is 0 Å². The van der Waals surface area contributed by atoms with E-state index in [4.69, 9.17) is 0 Å². The maximum atomic E-state index is 12.2. The van der Waals surface area contributed by atoms with Crippen molar-refractivity contribution in [1.29, 1.82) is 0 Å². The van der Waals surface area contributed by atoms with Gasteiger partial charge in [0.25, 0.3) is 10.0 Å². The normalized spacial score (nSPS) is 25.3. The summed E-state index contributed by atoms with van der Waals surface area (Å²) >= 11 is 3.07. The molecule has 2 unspecified atom stereocenters. The standard InChI is InChI=1S/C9H15BrN4O3S/c1-14-9(8(10)11-13-14)18(16,17)12-6-3-2-4-7(15)5-6/h6-7,12,15H,2-5H2,1H3. The third-order valence-corrected chi connectivity index (χ3v) is 5.37. The van der Waals surface area contributed by atoms with Crippen LogP contribution < -0.4 is 4.72 Å². The summed E-state index contributed by atoms with van der Waals surface area (Å²) in [5, 5.41) is 16.8. The van der Waals surface area contributed by atoms with Crippen molar-refractivity contribution in [1.82, 2.24) is 19.7 Å². The zero-order chi connectivity index (χ0) is 13.3. The topological polar surface area (TPSA) is 97.1 Å². The van der Waals surface area contributed by atoms with Crippen LogP contribution in [0.4, 0.5) is 0 Å². The lowest BCUT2D eigenvalue weighted by Gasteiger charge is -2.26. The Hall–Kier alpha value is -0.510. The highest BCUT2D eigenvalue weighted by atomic mass is 79.9. The van der Waals surface area contributed by atoms with Gasteiger partial charge in [0.15, 0.2) is 4.60 Å². The van der Waals surface area contributed by atoms with Gasteiger partial charge in [-0.05, 0) is 41.6 Å². The smallest absolute Gasteiger partial charge is 0.260 e. The van der Waals surface area contributed by atoms with Crippen molar-refractivity contribution < 1.29 is 13.5 Å². The lowest BCUT2D eigenvalue weighted by Crippen LogP contribution is -2.40. The number of aliphatic hydroxyl groups is 1. The van der Waals surface area contributed by atoms with Gasteiger partial charge in [0.05, 0.1) is 6.10 Å². The molecule has 18 heavy (non-hydrogen) atoms. The molecule has 9 heteroatoms. The fourth-order valence-electron chi connectivity index (χ4n) is 2.15. The van der Waals surface area contributed by atoms with Crippen LogP contribution in [0.5, 0.6) is 0 Å². The van der Waals surface area contributed by atoms with Crippen molar-refractivity contribution in [3.05, 3.63) is 4.60 Å². The van der Waals surface area contributed by atoms with E-state index in [2.05, 4.69) is 31.0 Å². The van der Waals surface area contributed by atoms with Gasteiger partial charge in [0, 0.05) is 13.1 Å². The molecule has 0 amide bonds. The van der Waals surface area contributed by atoms with Gasteiger partial charge in [-0.2, -0.15) is 0 Å². The maximum Gasteiger partial charge on any atom is 0.260 e. The van der Waals surface area contributed by atoms with Gasteiger partial charge >= 0.3 is 0 Å². The minimum atomic E-state index is -3.67. The van der Waals surface area contributed by atoms with Crippen molar-refractivity contribution in [2.75, 3.05) is 0 Å². The zero-order valence-corrected chi connectivity index (χ0v) is 12.3. The summed E-state index contributed by atoms with van der Waals surface area (Å²) < 4.78 is 28.4. The second-order valence-electron chi connectivity index (χ2n) is 4.45. The van der Waals surface area contributed by atoms with E-state index in [0.29, 0.717) is 6.42 Å². The Labute approximate surface area is 114 Å². The van der Waals surface area contributed by atoms with Gasteiger partial charge in [-0.15, -0.1) is 5.10 Å². The minimum absolute atomic E-state index is 0.00237. The molecule has 1 aromatic heterocycles. The Morgan fingerprint density at radius 3 is 2.78 bits per heavy atom. The monoisotopic (exact) mass is 338 g/mol. The van der Waals surface area contributed by atoms with Crippen LogP contribution >= 0.6 is 15.9 Å². The molecule has 0 spiro atoms. The van der Waals surface area contributed by atoms with Crippen molar-refractivity contribution in [3.8, 4) is 0 Å². The van der Waals surface area contributed by atoms with Crippen LogP contribution in [0.2, 0.25) is 0 Å². The summed E-state index contributed by atoms with van der Waals surface area (Å²) in [7, 11) is -2.16. The molecular weight excluding hydrogens is 324 g/mol. The molecule has 2 rings (SSSR count). The number of rotatable bonds is 3. The summed E-state index contributed by atoms with van der Waals surface area (Å²) in [5.74, 6) is 0. The molecule has 1 aliphatic rings. The van der Waals surface area contributed by atoms with E-state index in [1.807, 2.05) is 0 Å². The van der Waals surface area contributed by atoms with E-state index >= 15 is 0 Å². The van der Waals surface area contributed by atoms with E-state index in [1.165, 1.54) is 11.7 Å². The zero-order valence-electron chi connectivity index (χ0n) is 9.87. The highest BCUT2D eigenvalue weighted by Crippen LogP contribution is 2.22. The molecule has 7 nitrogen and oxygen atoms in total. The van der Waals surface area contributed by atoms with Gasteiger partial charge in [0.2, 0.25) is 5.03 Å². The molecule has 1 fully saturated rings. The third-order valence-electron chi connectivity index (χ3n) is 2.96. The molecule has 2 atom stereocenters. The predicted molar refractivity (Wildman–Crippen MR) is 67.3 cm³/mol. The molecule has 1 aliphatic carbocycles. The average Bonchev–Trinajstić information content (AvgIpc) is 2.58. The molecule has 0 aliphatic heterocycles. The number of aliphatic hydroxyl groups excluding tert-OH is 1. The Balaban J connectivity index is 2.17. The number of halogens is 1. The van der Waals surface area contributed by atoms with Crippen molar-refractivity contribution in [2.24, 2.45) is 7.05 Å². The van der Waals surface area contributed by atoms with Crippen molar-refractivity contribution >= 4 is 26.0 Å². The molecule has 102 valence electrons. The molecule has 0 saturated heterocycles. The van der Waals surface area contributed by atoms with E-state index in [1.54, 1.807) is 0 Å². The van der Waals surface area contributed by atoms with Crippen LogP contribution in [-0.4, -0.2) is 40.7 Å². The van der Waals surface area contributed by atoms with E-state index in [9.17, 15) is 13.5 Å². The first kappa shape index (κ1) is 13.9. The Bertz CT molecular complexity index is 510. The first-order valence-electron chi connectivity index (χ1n) is 5.65. The summed E-state index contributed by atoms with van der Waals surface area (Å²) in [6.07, 6.45) is 2.30. The van der Waals surface area contributed by atoms with Gasteiger partial charge in [0.1, 0.15) is 0 Å². The van der Waals surface area contributed by atoms with Gasteiger partial charge in [-0.25, -0.2) is 17.8 Å². The Kier molecular flexibility index (Phi) is 4.05. The molecule has 0 aromatic carbocycles. The van der Waals surface area contributed by atoms with E-state index in [-0.39, 0.29) is 15.7 Å². The molecule has 2 N–H and O–H groups in total. The summed E-state index contributed by atoms with van der Waals surface area (Å²) in [5.41, 5.74) is 0. The highest BCUT2D eigenvalue weighted by molar-refractivity contribution is 9.10. The summed E-state index contributed by atoms with van der Waals surface area (Å²) in [4.78, 5) is 0. The lowest BCUT2D eigenvalue weighted by molar-refractivity contribution is 0.117. The number of hydrogen-bond donors (Lipinski definition) is 2. The minimum Gasteiger partial charge on any atom is -0.393 e. The first-order valence-corrected chi connectivity index (χ1v) is 7.93. The van der Waals surface area contributed by atoms with Crippen molar-refractivity contribution in [2.45, 2.75) is 42.9 Å². The lowest BCUT2D eigenvalue weighted by atomic mass is 9.94. The molecule has 1 aromatic rings. The van der Waals surface area contributed by atoms with Crippen LogP contribution in [0.15, 0.2) is 9.63 Å². The predicted octanol–water partition coefficient (Wildman–Crippen LogP) is 0.159. The van der Waals surface area contributed by atoms with Crippen LogP contribution in [0.1, 0.15) is 25.7 Å². The fourth-order valence-corrected chi connectivity index (χ4v) is 4.53. The second-order valence-corrected chi connectivity index (χ2v) is 6.83. The van der Waals surface area contributed by atoms with E-state index < -0.39 is 16.1 Å². The number of aryl methyl sites for hydroxylation is 1. The number of aromatic nitrogens is 3. The van der Waals surface area contributed by atoms with Crippen LogP contribution in [0, 0.1) is 0 Å². The van der Waals surface area contributed by atoms with Gasteiger partial charge in [-0.1, -0.05) is 5.21 Å². The quantitative estimate of drug-likeness (QED) is 0.818. The third kappa shape index (κ3) is 2.90. The average molecular weight is 339 g/mol. The second kappa shape index (κ2) is 5.24. The first-order chi connectivity index (χ1) is 8.40. The highest BCUT2D eigenvalue weighted by Gasteiger charge is 2.29. The molecule has 1 saturated carbocycles. The van der Waals surface area contributed by atoms with Crippen LogP contribution in [-0.2, 0) is 17.1 Å². The molecule has 0 bridgehead atoms. The summed E-state index contributed by atoms with van der Waals surface area (Å²) in [6.45, 7) is 0. The fraction of sp³-hybridized carbons (Fsp3) is 0.778. The maximum absolute atomic E-state index is 12.2. The molecule has 1 heterocycles. The van der Waals surface area contributed by atoms with Crippen LogP contribution in [0.3, 0.4) is 0 Å². The molecular formula is C9H15BrN4O3S. The van der Waals surface area contributed by atoms with Gasteiger partial charge in [-0.3, -0.25) is 0 Å². The Morgan fingerprint density at radius 2 is 2.22 bits per heavy atom. The SMILES string of the molecule is Cn1nnc(Br)c1S(=O)(=O)NC1CCCC(O)C1.